The minimum Gasteiger partial charge on any atom is -0.342 e. The molecule has 6 nitrogen and oxygen atoms in total. The third kappa shape index (κ3) is 3.22. The summed E-state index contributed by atoms with van der Waals surface area (Å²) < 4.78 is 0. The van der Waals surface area contributed by atoms with Gasteiger partial charge in [-0.05, 0) is 37.0 Å². The average molecular weight is 326 g/mol. The van der Waals surface area contributed by atoms with Crippen molar-refractivity contribution in [3.8, 4) is 6.07 Å². The van der Waals surface area contributed by atoms with Crippen molar-refractivity contribution in [2.75, 3.05) is 5.32 Å². The third-order valence-electron chi connectivity index (χ3n) is 3.62. The van der Waals surface area contributed by atoms with E-state index in [0.717, 1.165) is 29.7 Å². The van der Waals surface area contributed by atoms with Crippen LogP contribution >= 0.6 is 11.3 Å². The lowest BCUT2D eigenvalue weighted by atomic mass is 10.1. The molecule has 23 heavy (non-hydrogen) atoms. The van der Waals surface area contributed by atoms with Crippen molar-refractivity contribution in [2.45, 2.75) is 25.8 Å². The van der Waals surface area contributed by atoms with E-state index in [1.807, 2.05) is 0 Å². The van der Waals surface area contributed by atoms with Crippen LogP contribution in [-0.2, 0) is 29.0 Å². The van der Waals surface area contributed by atoms with Gasteiger partial charge in [0.05, 0.1) is 17.8 Å². The molecule has 2 N–H and O–H groups in total. The van der Waals surface area contributed by atoms with Gasteiger partial charge in [0.25, 0.3) is 0 Å². The van der Waals surface area contributed by atoms with Crippen LogP contribution in [0.4, 0.5) is 5.00 Å². The largest absolute Gasteiger partial charge is 0.342 e. The second kappa shape index (κ2) is 6.58. The van der Waals surface area contributed by atoms with Crippen LogP contribution in [-0.4, -0.2) is 16.8 Å². The maximum Gasteiger partial charge on any atom is 0.314 e. The zero-order chi connectivity index (χ0) is 16.2. The summed E-state index contributed by atoms with van der Waals surface area (Å²) in [5.74, 6) is -1.51. The van der Waals surface area contributed by atoms with Gasteiger partial charge in [-0.3, -0.25) is 14.6 Å². The zero-order valence-corrected chi connectivity index (χ0v) is 13.1. The number of rotatable bonds is 3. The molecule has 1 aliphatic rings. The lowest BCUT2D eigenvalue weighted by Crippen LogP contribution is -2.35. The molecule has 0 aromatic carbocycles. The van der Waals surface area contributed by atoms with Crippen molar-refractivity contribution in [1.29, 1.82) is 5.26 Å². The maximum absolute atomic E-state index is 12.0. The molecule has 0 atom stereocenters. The first-order valence-electron chi connectivity index (χ1n) is 7.22. The molecule has 3 rings (SSSR count). The first-order chi connectivity index (χ1) is 11.2. The molecular formula is C16H14N4O2S. The molecule has 0 bridgehead atoms. The number of nitriles is 1. The van der Waals surface area contributed by atoms with Crippen LogP contribution in [0.3, 0.4) is 0 Å². The Kier molecular flexibility index (Phi) is 4.35. The minimum atomic E-state index is -0.766. The normalized spacial score (nSPS) is 12.3. The number of anilines is 1. The summed E-state index contributed by atoms with van der Waals surface area (Å²) in [5, 5.41) is 14.8. The van der Waals surface area contributed by atoms with E-state index >= 15 is 0 Å². The average Bonchev–Trinajstić information content (AvgIpc) is 3.14. The Labute approximate surface area is 137 Å². The van der Waals surface area contributed by atoms with Gasteiger partial charge in [0.2, 0.25) is 0 Å². The highest BCUT2D eigenvalue weighted by Crippen LogP contribution is 2.38. The van der Waals surface area contributed by atoms with Crippen molar-refractivity contribution in [2.24, 2.45) is 0 Å². The number of amides is 2. The number of thiophene rings is 1. The van der Waals surface area contributed by atoms with E-state index < -0.39 is 11.8 Å². The smallest absolute Gasteiger partial charge is 0.314 e. The molecule has 0 saturated carbocycles. The number of aryl methyl sites for hydroxylation is 1. The summed E-state index contributed by atoms with van der Waals surface area (Å²) in [6, 6.07) is 7.47. The molecular weight excluding hydrogens is 312 g/mol. The first-order valence-corrected chi connectivity index (χ1v) is 8.04. The number of fused-ring (bicyclic) bond motifs is 1. The van der Waals surface area contributed by atoms with Crippen LogP contribution in [0, 0.1) is 11.3 Å². The number of carbonyl (C=O) groups is 2. The molecule has 2 heterocycles. The van der Waals surface area contributed by atoms with Crippen molar-refractivity contribution >= 4 is 28.2 Å². The van der Waals surface area contributed by atoms with Gasteiger partial charge in [0.1, 0.15) is 11.1 Å². The molecule has 0 unspecified atom stereocenters. The topological polar surface area (TPSA) is 94.9 Å². The van der Waals surface area contributed by atoms with E-state index in [1.54, 1.807) is 24.4 Å². The van der Waals surface area contributed by atoms with Crippen LogP contribution in [0.5, 0.6) is 0 Å². The molecule has 0 fully saturated rings. The SMILES string of the molecule is N#Cc1c(NC(=O)C(=O)NCc2ccccn2)sc2c1CCC2. The van der Waals surface area contributed by atoms with E-state index in [9.17, 15) is 14.9 Å². The second-order valence-electron chi connectivity index (χ2n) is 5.13. The fourth-order valence-electron chi connectivity index (χ4n) is 2.52. The Hall–Kier alpha value is -2.72. The molecule has 0 saturated heterocycles. The van der Waals surface area contributed by atoms with Gasteiger partial charge in [-0.15, -0.1) is 11.3 Å². The van der Waals surface area contributed by atoms with Crippen molar-refractivity contribution < 1.29 is 9.59 Å². The Bertz CT molecular complexity index is 792. The molecule has 116 valence electrons. The zero-order valence-electron chi connectivity index (χ0n) is 12.3. The predicted molar refractivity (Wildman–Crippen MR) is 85.8 cm³/mol. The van der Waals surface area contributed by atoms with E-state index in [-0.39, 0.29) is 6.54 Å². The Balaban J connectivity index is 1.63. The molecule has 1 aliphatic carbocycles. The summed E-state index contributed by atoms with van der Waals surface area (Å²) in [6.45, 7) is 0.180. The van der Waals surface area contributed by atoms with E-state index in [2.05, 4.69) is 21.7 Å². The summed E-state index contributed by atoms with van der Waals surface area (Å²) in [7, 11) is 0. The minimum absolute atomic E-state index is 0.180. The third-order valence-corrected chi connectivity index (χ3v) is 4.83. The number of hydrogen-bond acceptors (Lipinski definition) is 5. The van der Waals surface area contributed by atoms with Gasteiger partial charge in [-0.25, -0.2) is 0 Å². The fraction of sp³-hybridized carbons (Fsp3) is 0.250. The Morgan fingerprint density at radius 3 is 2.91 bits per heavy atom. The molecule has 2 amide bonds. The monoisotopic (exact) mass is 326 g/mol. The Morgan fingerprint density at radius 1 is 1.30 bits per heavy atom. The molecule has 0 aliphatic heterocycles. The van der Waals surface area contributed by atoms with E-state index in [4.69, 9.17) is 0 Å². The summed E-state index contributed by atoms with van der Waals surface area (Å²) in [4.78, 5) is 29.0. The van der Waals surface area contributed by atoms with Gasteiger partial charge in [-0.2, -0.15) is 5.26 Å². The van der Waals surface area contributed by atoms with Gasteiger partial charge >= 0.3 is 11.8 Å². The molecule has 2 aromatic rings. The summed E-state index contributed by atoms with van der Waals surface area (Å²) in [5.41, 5.74) is 2.18. The number of nitrogens with zero attached hydrogens (tertiary/aromatic N) is 2. The highest BCUT2D eigenvalue weighted by Gasteiger charge is 2.24. The molecule has 2 aromatic heterocycles. The van der Waals surface area contributed by atoms with Crippen LogP contribution in [0.1, 0.15) is 28.1 Å². The van der Waals surface area contributed by atoms with Gasteiger partial charge < -0.3 is 10.6 Å². The van der Waals surface area contributed by atoms with Gasteiger partial charge in [0.15, 0.2) is 0 Å². The lowest BCUT2D eigenvalue weighted by molar-refractivity contribution is -0.136. The van der Waals surface area contributed by atoms with Gasteiger partial charge in [0, 0.05) is 11.1 Å². The number of aromatic nitrogens is 1. The standard InChI is InChI=1S/C16H14N4O2S/c17-8-12-11-5-3-6-13(11)23-16(12)20-15(22)14(21)19-9-10-4-1-2-7-18-10/h1-2,4,7H,3,5-6,9H2,(H,19,21)(H,20,22). The van der Waals surface area contributed by atoms with Crippen LogP contribution in [0.2, 0.25) is 0 Å². The molecule has 7 heteroatoms. The predicted octanol–water partition coefficient (Wildman–Crippen LogP) is 1.76. The molecule has 0 radical (unpaired) electrons. The van der Waals surface area contributed by atoms with Crippen LogP contribution in [0.25, 0.3) is 0 Å². The lowest BCUT2D eigenvalue weighted by Gasteiger charge is -2.05. The Morgan fingerprint density at radius 2 is 2.17 bits per heavy atom. The highest BCUT2D eigenvalue weighted by atomic mass is 32.1. The second-order valence-corrected chi connectivity index (χ2v) is 6.24. The summed E-state index contributed by atoms with van der Waals surface area (Å²) >= 11 is 1.39. The summed E-state index contributed by atoms with van der Waals surface area (Å²) in [6.07, 6.45) is 4.44. The van der Waals surface area contributed by atoms with Crippen LogP contribution < -0.4 is 10.6 Å². The van der Waals surface area contributed by atoms with Crippen molar-refractivity contribution in [3.63, 3.8) is 0 Å². The van der Waals surface area contributed by atoms with Crippen molar-refractivity contribution in [3.05, 3.63) is 46.1 Å². The number of hydrogen-bond donors (Lipinski definition) is 2. The highest BCUT2D eigenvalue weighted by molar-refractivity contribution is 7.16. The first kappa shape index (κ1) is 15.2. The van der Waals surface area contributed by atoms with Crippen LogP contribution in [0.15, 0.2) is 24.4 Å². The van der Waals surface area contributed by atoms with E-state index in [1.165, 1.54) is 11.3 Å². The van der Waals surface area contributed by atoms with E-state index in [0.29, 0.717) is 16.3 Å². The maximum atomic E-state index is 12.0. The van der Waals surface area contributed by atoms with Gasteiger partial charge in [-0.1, -0.05) is 6.07 Å². The van der Waals surface area contributed by atoms with Crippen molar-refractivity contribution in [1.82, 2.24) is 10.3 Å². The quantitative estimate of drug-likeness (QED) is 0.840. The molecule has 0 spiro atoms. The number of carbonyl (C=O) groups excluding carboxylic acids is 2. The number of nitrogens with one attached hydrogen (secondary N) is 2. The fourth-order valence-corrected chi connectivity index (χ4v) is 3.76. The number of pyridine rings is 1.